The van der Waals surface area contributed by atoms with E-state index in [0.29, 0.717) is 23.7 Å². The van der Waals surface area contributed by atoms with Crippen LogP contribution in [0, 0.1) is 0 Å². The molecule has 0 unspecified atom stereocenters. The van der Waals surface area contributed by atoms with E-state index in [9.17, 15) is 4.79 Å². The van der Waals surface area contributed by atoms with Crippen molar-refractivity contribution in [1.29, 1.82) is 0 Å². The summed E-state index contributed by atoms with van der Waals surface area (Å²) in [6, 6.07) is 5.17. The fraction of sp³-hybridized carbons (Fsp3) is 0.286. The number of aryl methyl sites for hydroxylation is 1. The van der Waals surface area contributed by atoms with Crippen LogP contribution in [-0.4, -0.2) is 22.4 Å². The predicted molar refractivity (Wildman–Crippen MR) is 70.5 cm³/mol. The maximum atomic E-state index is 11.6. The molecule has 5 heteroatoms. The van der Waals surface area contributed by atoms with E-state index in [2.05, 4.69) is 4.98 Å². The molecule has 0 aliphatic rings. The number of ether oxygens (including phenoxy) is 2. The Kier molecular flexibility index (Phi) is 3.85. The number of imidazole rings is 1. The van der Waals surface area contributed by atoms with Gasteiger partial charge in [-0.05, 0) is 19.1 Å². The molecule has 0 spiro atoms. The van der Waals surface area contributed by atoms with Crippen LogP contribution in [0.2, 0.25) is 0 Å². The van der Waals surface area contributed by atoms with Crippen molar-refractivity contribution in [1.82, 2.24) is 9.55 Å². The van der Waals surface area contributed by atoms with E-state index in [-0.39, 0.29) is 5.78 Å². The first-order chi connectivity index (χ1) is 9.11. The summed E-state index contributed by atoms with van der Waals surface area (Å²) in [5.74, 6) is 1.14. The van der Waals surface area contributed by atoms with Gasteiger partial charge in [0.25, 0.3) is 0 Å². The van der Waals surface area contributed by atoms with Crippen LogP contribution in [0.15, 0.2) is 30.7 Å². The Balaban J connectivity index is 2.22. The van der Waals surface area contributed by atoms with Crippen molar-refractivity contribution < 1.29 is 14.3 Å². The molecule has 1 aromatic carbocycles. The molecule has 0 fully saturated rings. The molecule has 1 aromatic heterocycles. The van der Waals surface area contributed by atoms with E-state index in [1.165, 1.54) is 6.92 Å². The monoisotopic (exact) mass is 260 g/mol. The molecule has 0 aliphatic carbocycles. The van der Waals surface area contributed by atoms with Gasteiger partial charge in [0.2, 0.25) is 0 Å². The van der Waals surface area contributed by atoms with Gasteiger partial charge in [-0.2, -0.15) is 0 Å². The van der Waals surface area contributed by atoms with Gasteiger partial charge in [0.05, 0.1) is 30.9 Å². The molecule has 2 aromatic rings. The van der Waals surface area contributed by atoms with Crippen LogP contribution in [0.3, 0.4) is 0 Å². The van der Waals surface area contributed by atoms with Crippen molar-refractivity contribution in [3.63, 3.8) is 0 Å². The summed E-state index contributed by atoms with van der Waals surface area (Å²) < 4.78 is 12.7. The molecule has 0 amide bonds. The lowest BCUT2D eigenvalue weighted by molar-refractivity contribution is 0.101. The van der Waals surface area contributed by atoms with Crippen molar-refractivity contribution in [2.75, 3.05) is 7.11 Å². The van der Waals surface area contributed by atoms with Crippen molar-refractivity contribution in [2.45, 2.75) is 13.5 Å². The van der Waals surface area contributed by atoms with Crippen LogP contribution in [0.4, 0.5) is 0 Å². The van der Waals surface area contributed by atoms with Gasteiger partial charge < -0.3 is 14.0 Å². The first-order valence-corrected chi connectivity index (χ1v) is 5.88. The quantitative estimate of drug-likeness (QED) is 0.773. The number of carbonyl (C=O) groups is 1. The van der Waals surface area contributed by atoms with Gasteiger partial charge in [-0.25, -0.2) is 4.98 Å². The highest BCUT2D eigenvalue weighted by atomic mass is 16.5. The molecule has 0 N–H and O–H groups in total. The number of aromatic nitrogens is 2. The summed E-state index contributed by atoms with van der Waals surface area (Å²) in [6.07, 6.45) is 3.43. The van der Waals surface area contributed by atoms with Crippen LogP contribution < -0.4 is 9.47 Å². The van der Waals surface area contributed by atoms with Gasteiger partial charge in [-0.1, -0.05) is 0 Å². The third-order valence-corrected chi connectivity index (χ3v) is 2.86. The first kappa shape index (κ1) is 13.1. The molecule has 0 saturated heterocycles. The molecule has 19 heavy (non-hydrogen) atoms. The van der Waals surface area contributed by atoms with Crippen LogP contribution in [0.5, 0.6) is 11.5 Å². The van der Waals surface area contributed by atoms with Gasteiger partial charge in [0, 0.05) is 13.1 Å². The molecule has 1 heterocycles. The number of methoxy groups -OCH3 is 1. The zero-order chi connectivity index (χ0) is 13.8. The summed E-state index contributed by atoms with van der Waals surface area (Å²) >= 11 is 0. The molecule has 0 bridgehead atoms. The number of ketones is 1. The zero-order valence-electron chi connectivity index (χ0n) is 11.2. The van der Waals surface area contributed by atoms with Crippen molar-refractivity contribution in [3.05, 3.63) is 42.0 Å². The third-order valence-electron chi connectivity index (χ3n) is 2.86. The molecule has 5 nitrogen and oxygen atoms in total. The predicted octanol–water partition coefficient (Wildman–Crippen LogP) is 2.21. The highest BCUT2D eigenvalue weighted by molar-refractivity contribution is 5.97. The van der Waals surface area contributed by atoms with Crippen molar-refractivity contribution in [2.24, 2.45) is 7.05 Å². The van der Waals surface area contributed by atoms with E-state index in [1.807, 2.05) is 11.6 Å². The van der Waals surface area contributed by atoms with E-state index in [1.54, 1.807) is 37.8 Å². The standard InChI is InChI=1S/C14H16N2O3/c1-10(17)13-5-4-12(18-3)6-14(13)19-8-11-7-15-9-16(11)2/h4-7,9H,8H2,1-3H3. The average Bonchev–Trinajstić information content (AvgIpc) is 2.81. The Hall–Kier alpha value is -2.30. The fourth-order valence-corrected chi connectivity index (χ4v) is 1.72. The second-order valence-corrected chi connectivity index (χ2v) is 4.20. The van der Waals surface area contributed by atoms with Gasteiger partial charge in [-0.3, -0.25) is 4.79 Å². The van der Waals surface area contributed by atoms with Crippen LogP contribution >= 0.6 is 0 Å². The Morgan fingerprint density at radius 3 is 2.79 bits per heavy atom. The Bertz CT molecular complexity index is 590. The third kappa shape index (κ3) is 2.93. The SMILES string of the molecule is COc1ccc(C(C)=O)c(OCc2cncn2C)c1. The summed E-state index contributed by atoms with van der Waals surface area (Å²) in [5.41, 5.74) is 1.47. The largest absolute Gasteiger partial charge is 0.497 e. The molecular weight excluding hydrogens is 244 g/mol. The second kappa shape index (κ2) is 5.56. The Morgan fingerprint density at radius 2 is 2.21 bits per heavy atom. The number of Topliss-reactive ketones (excluding diaryl/α,β-unsaturated/α-hetero) is 1. The Morgan fingerprint density at radius 1 is 1.42 bits per heavy atom. The van der Waals surface area contributed by atoms with Gasteiger partial charge in [0.15, 0.2) is 5.78 Å². The van der Waals surface area contributed by atoms with E-state index < -0.39 is 0 Å². The van der Waals surface area contributed by atoms with Gasteiger partial charge in [0.1, 0.15) is 18.1 Å². The van der Waals surface area contributed by atoms with Crippen LogP contribution in [0.25, 0.3) is 0 Å². The number of benzene rings is 1. The molecule has 0 atom stereocenters. The lowest BCUT2D eigenvalue weighted by atomic mass is 10.1. The number of rotatable bonds is 5. The maximum absolute atomic E-state index is 11.6. The number of carbonyl (C=O) groups excluding carboxylic acids is 1. The smallest absolute Gasteiger partial charge is 0.163 e. The highest BCUT2D eigenvalue weighted by Crippen LogP contribution is 2.26. The van der Waals surface area contributed by atoms with E-state index in [0.717, 1.165) is 5.69 Å². The maximum Gasteiger partial charge on any atom is 0.163 e. The molecule has 2 rings (SSSR count). The summed E-state index contributed by atoms with van der Waals surface area (Å²) in [4.78, 5) is 15.6. The molecular formula is C14H16N2O3. The minimum atomic E-state index is -0.0392. The zero-order valence-corrected chi connectivity index (χ0v) is 11.2. The number of hydrogen-bond acceptors (Lipinski definition) is 4. The fourth-order valence-electron chi connectivity index (χ4n) is 1.72. The lowest BCUT2D eigenvalue weighted by Crippen LogP contribution is -2.04. The normalized spacial score (nSPS) is 10.3. The minimum Gasteiger partial charge on any atom is -0.497 e. The van der Waals surface area contributed by atoms with E-state index >= 15 is 0 Å². The minimum absolute atomic E-state index is 0.0392. The Labute approximate surface area is 111 Å². The summed E-state index contributed by atoms with van der Waals surface area (Å²) in [5, 5.41) is 0. The number of hydrogen-bond donors (Lipinski definition) is 0. The van der Waals surface area contributed by atoms with Crippen LogP contribution in [-0.2, 0) is 13.7 Å². The highest BCUT2D eigenvalue weighted by Gasteiger charge is 2.11. The topological polar surface area (TPSA) is 53.4 Å². The molecule has 100 valence electrons. The summed E-state index contributed by atoms with van der Waals surface area (Å²) in [7, 11) is 3.47. The van der Waals surface area contributed by atoms with Crippen molar-refractivity contribution in [3.8, 4) is 11.5 Å². The average molecular weight is 260 g/mol. The second-order valence-electron chi connectivity index (χ2n) is 4.20. The van der Waals surface area contributed by atoms with Crippen LogP contribution in [0.1, 0.15) is 23.0 Å². The lowest BCUT2D eigenvalue weighted by Gasteiger charge is -2.11. The number of nitrogens with zero attached hydrogens (tertiary/aromatic N) is 2. The molecule has 0 saturated carbocycles. The van der Waals surface area contributed by atoms with Crippen molar-refractivity contribution >= 4 is 5.78 Å². The summed E-state index contributed by atoms with van der Waals surface area (Å²) in [6.45, 7) is 1.86. The first-order valence-electron chi connectivity index (χ1n) is 5.88. The van der Waals surface area contributed by atoms with Gasteiger partial charge >= 0.3 is 0 Å². The molecule has 0 radical (unpaired) electrons. The van der Waals surface area contributed by atoms with E-state index in [4.69, 9.17) is 9.47 Å². The van der Waals surface area contributed by atoms with Gasteiger partial charge in [-0.15, -0.1) is 0 Å². The molecule has 0 aliphatic heterocycles.